The molecule has 2 aromatic heterocycles. The van der Waals surface area contributed by atoms with Gasteiger partial charge in [-0.15, -0.1) is 23.2 Å². The molecule has 3 aliphatic rings. The number of rotatable bonds is 6. The lowest BCUT2D eigenvalue weighted by molar-refractivity contribution is -0.0494. The molecule has 2 aliphatic heterocycles. The Kier molecular flexibility index (Phi) is 7.43. The zero-order valence-electron chi connectivity index (χ0n) is 19.1. The quantitative estimate of drug-likeness (QED) is 0.567. The summed E-state index contributed by atoms with van der Waals surface area (Å²) in [4.78, 5) is 18.2. The van der Waals surface area contributed by atoms with Gasteiger partial charge in [-0.3, -0.25) is 4.90 Å². The number of hydrogen-bond acceptors (Lipinski definition) is 8. The highest BCUT2D eigenvalue weighted by molar-refractivity contribution is 6.31. The van der Waals surface area contributed by atoms with Crippen molar-refractivity contribution < 1.29 is 18.3 Å². The van der Waals surface area contributed by atoms with Crippen LogP contribution in [0.4, 0.5) is 20.5 Å². The van der Waals surface area contributed by atoms with Crippen LogP contribution in [0, 0.1) is 0 Å². The van der Waals surface area contributed by atoms with Crippen molar-refractivity contribution >= 4 is 35.0 Å². The third-order valence-corrected chi connectivity index (χ3v) is 7.99. The first kappa shape index (κ1) is 24.7. The maximum atomic E-state index is 12.9. The predicted octanol–water partition coefficient (Wildman–Crippen LogP) is 3.73. The van der Waals surface area contributed by atoms with Gasteiger partial charge in [0, 0.05) is 55.6 Å². The third-order valence-electron chi connectivity index (χ3n) is 6.98. The van der Waals surface area contributed by atoms with Gasteiger partial charge < -0.3 is 20.1 Å². The molecule has 5 rings (SSSR count). The molecule has 190 valence electrons. The van der Waals surface area contributed by atoms with Gasteiger partial charge in [0.2, 0.25) is 5.95 Å². The molecule has 8 nitrogen and oxygen atoms in total. The molecule has 3 fully saturated rings. The van der Waals surface area contributed by atoms with Gasteiger partial charge >= 0.3 is 6.61 Å². The summed E-state index contributed by atoms with van der Waals surface area (Å²) in [7, 11) is 0. The molecule has 2 aromatic rings. The summed E-state index contributed by atoms with van der Waals surface area (Å²) in [5.41, 5.74) is 7.74. The molecule has 4 heterocycles. The van der Waals surface area contributed by atoms with Crippen LogP contribution in [0.15, 0.2) is 18.3 Å². The molecule has 12 heteroatoms. The molecule has 0 radical (unpaired) electrons. The summed E-state index contributed by atoms with van der Waals surface area (Å²) >= 11 is 12.7. The van der Waals surface area contributed by atoms with Crippen LogP contribution in [0.25, 0.3) is 11.3 Å². The Balaban J connectivity index is 1.47. The first-order valence-electron chi connectivity index (χ1n) is 11.8. The van der Waals surface area contributed by atoms with Crippen molar-refractivity contribution in [1.82, 2.24) is 19.9 Å². The average Bonchev–Trinajstić information content (AvgIpc) is 3.48. The number of nitrogen functional groups attached to an aromatic ring is 1. The van der Waals surface area contributed by atoms with Crippen LogP contribution < -0.4 is 15.4 Å². The number of pyridine rings is 1. The molecule has 0 unspecified atom stereocenters. The Morgan fingerprint density at radius 2 is 1.83 bits per heavy atom. The van der Waals surface area contributed by atoms with E-state index in [1.165, 1.54) is 12.3 Å². The minimum absolute atomic E-state index is 0.109. The molecule has 2 N–H and O–H groups in total. The van der Waals surface area contributed by atoms with Crippen molar-refractivity contribution in [3.63, 3.8) is 0 Å². The molecule has 0 amide bonds. The van der Waals surface area contributed by atoms with E-state index in [1.807, 2.05) is 11.0 Å². The van der Waals surface area contributed by atoms with E-state index in [2.05, 4.69) is 14.6 Å². The first-order chi connectivity index (χ1) is 16.9. The van der Waals surface area contributed by atoms with Gasteiger partial charge in [-0.25, -0.2) is 15.0 Å². The summed E-state index contributed by atoms with van der Waals surface area (Å²) in [6, 6.07) is 3.84. The van der Waals surface area contributed by atoms with Crippen molar-refractivity contribution in [2.45, 2.75) is 48.6 Å². The van der Waals surface area contributed by atoms with E-state index < -0.39 is 6.61 Å². The lowest BCUT2D eigenvalue weighted by Crippen LogP contribution is -2.42. The Morgan fingerprint density at radius 1 is 1.09 bits per heavy atom. The second-order valence-electron chi connectivity index (χ2n) is 9.21. The van der Waals surface area contributed by atoms with E-state index in [4.69, 9.17) is 43.6 Å². The van der Waals surface area contributed by atoms with E-state index in [0.717, 1.165) is 51.3 Å². The summed E-state index contributed by atoms with van der Waals surface area (Å²) in [6.45, 7) is 1.48. The van der Waals surface area contributed by atoms with Gasteiger partial charge in [-0.2, -0.15) is 8.78 Å². The summed E-state index contributed by atoms with van der Waals surface area (Å²) < 4.78 is 35.8. The molecule has 4 atom stereocenters. The summed E-state index contributed by atoms with van der Waals surface area (Å²) in [5.74, 6) is 0.481. The number of hydrogen-bond donors (Lipinski definition) is 1. The molecule has 1 saturated carbocycles. The van der Waals surface area contributed by atoms with Gasteiger partial charge in [-0.1, -0.05) is 0 Å². The summed E-state index contributed by atoms with van der Waals surface area (Å²) in [6.07, 6.45) is 4.60. The molecule has 0 bridgehead atoms. The van der Waals surface area contributed by atoms with Gasteiger partial charge in [0.15, 0.2) is 11.6 Å². The number of anilines is 2. The van der Waals surface area contributed by atoms with Crippen molar-refractivity contribution in [1.29, 1.82) is 0 Å². The Bertz CT molecular complexity index is 1040. The van der Waals surface area contributed by atoms with E-state index in [1.54, 1.807) is 0 Å². The predicted molar refractivity (Wildman–Crippen MR) is 131 cm³/mol. The number of alkyl halides is 4. The Labute approximate surface area is 212 Å². The van der Waals surface area contributed by atoms with Crippen LogP contribution in [0.3, 0.4) is 0 Å². The van der Waals surface area contributed by atoms with Crippen LogP contribution in [0.2, 0.25) is 0 Å². The molecular weight excluding hydrogens is 501 g/mol. The highest BCUT2D eigenvalue weighted by atomic mass is 35.5. The summed E-state index contributed by atoms with van der Waals surface area (Å²) in [5, 5.41) is -0.428. The fraction of sp³-hybridized carbons (Fsp3) is 0.609. The normalized spacial score (nSPS) is 27.6. The standard InChI is InChI=1S/C23H28Cl2F2N6O2/c24-16-11-33(12-17(16)25)23-30-18(13-1-2-15(7-13)32-3-5-34-6-4-32)9-19(31-23)14-8-20(35-22(26)27)21(28)29-10-14/h8-10,13,15-17,22H,1-7,11-12H2,(H2,28,29)/t13-,15+,16-,17+/m1/s1. The van der Waals surface area contributed by atoms with Gasteiger partial charge in [0.05, 0.1) is 29.7 Å². The monoisotopic (exact) mass is 528 g/mol. The van der Waals surface area contributed by atoms with Crippen LogP contribution >= 0.6 is 23.2 Å². The van der Waals surface area contributed by atoms with Crippen LogP contribution in [0.1, 0.15) is 30.9 Å². The maximum absolute atomic E-state index is 12.9. The fourth-order valence-electron chi connectivity index (χ4n) is 5.13. The van der Waals surface area contributed by atoms with E-state index in [-0.39, 0.29) is 28.2 Å². The SMILES string of the molecule is Nc1ncc(-c2cc([C@@H]3CC[C@H](N4CCOCC4)C3)nc(N3C[C@@H](Cl)[C@@H](Cl)C3)n2)cc1OC(F)F. The largest absolute Gasteiger partial charge is 0.431 e. The molecule has 0 spiro atoms. The maximum Gasteiger partial charge on any atom is 0.387 e. The number of morpholine rings is 1. The lowest BCUT2D eigenvalue weighted by Gasteiger charge is -2.32. The van der Waals surface area contributed by atoms with E-state index in [0.29, 0.717) is 36.3 Å². The highest BCUT2D eigenvalue weighted by Crippen LogP contribution is 2.39. The van der Waals surface area contributed by atoms with Crippen molar-refractivity contribution in [3.8, 4) is 17.0 Å². The van der Waals surface area contributed by atoms with E-state index in [9.17, 15) is 8.78 Å². The lowest BCUT2D eigenvalue weighted by atomic mass is 10.0. The second-order valence-corrected chi connectivity index (χ2v) is 10.3. The minimum Gasteiger partial charge on any atom is -0.431 e. The number of nitrogens with zero attached hydrogens (tertiary/aromatic N) is 5. The zero-order chi connectivity index (χ0) is 24.5. The van der Waals surface area contributed by atoms with E-state index >= 15 is 0 Å². The molecule has 0 aromatic carbocycles. The van der Waals surface area contributed by atoms with Crippen LogP contribution in [-0.4, -0.2) is 82.7 Å². The second kappa shape index (κ2) is 10.5. The van der Waals surface area contributed by atoms with Crippen LogP contribution in [-0.2, 0) is 4.74 Å². The molecular formula is C23H28Cl2F2N6O2. The van der Waals surface area contributed by atoms with Gasteiger partial charge in [0.1, 0.15) is 0 Å². The zero-order valence-corrected chi connectivity index (χ0v) is 20.6. The smallest absolute Gasteiger partial charge is 0.387 e. The Morgan fingerprint density at radius 3 is 2.54 bits per heavy atom. The van der Waals surface area contributed by atoms with Crippen molar-refractivity contribution in [2.75, 3.05) is 50.0 Å². The van der Waals surface area contributed by atoms with Crippen molar-refractivity contribution in [3.05, 3.63) is 24.0 Å². The minimum atomic E-state index is -3.01. The topological polar surface area (TPSA) is 89.6 Å². The number of nitrogens with two attached hydrogens (primary N) is 1. The number of ether oxygens (including phenoxy) is 2. The van der Waals surface area contributed by atoms with Gasteiger partial charge in [-0.05, 0) is 31.4 Å². The van der Waals surface area contributed by atoms with Gasteiger partial charge in [0.25, 0.3) is 0 Å². The average molecular weight is 529 g/mol. The Hall–Kier alpha value is -2.01. The molecule has 1 aliphatic carbocycles. The highest BCUT2D eigenvalue weighted by Gasteiger charge is 2.34. The fourth-order valence-corrected chi connectivity index (χ4v) is 5.62. The number of aromatic nitrogens is 3. The first-order valence-corrected chi connectivity index (χ1v) is 12.7. The molecule has 2 saturated heterocycles. The van der Waals surface area contributed by atoms with Crippen LogP contribution in [0.5, 0.6) is 5.75 Å². The molecule has 35 heavy (non-hydrogen) atoms. The third kappa shape index (κ3) is 5.55. The van der Waals surface area contributed by atoms with Crippen molar-refractivity contribution in [2.24, 2.45) is 0 Å². The number of halogens is 4.